The molecular formula is C12H14BrF2NO2. The van der Waals surface area contributed by atoms with Crippen molar-refractivity contribution < 1.29 is 18.3 Å². The molecule has 1 heterocycles. The Hall–Kier alpha value is -0.720. The summed E-state index contributed by atoms with van der Waals surface area (Å²) >= 11 is 3.10. The van der Waals surface area contributed by atoms with Crippen molar-refractivity contribution >= 4 is 15.9 Å². The molecule has 0 unspecified atom stereocenters. The van der Waals surface area contributed by atoms with E-state index in [1.807, 2.05) is 0 Å². The van der Waals surface area contributed by atoms with Gasteiger partial charge in [-0.25, -0.2) is 4.39 Å². The highest BCUT2D eigenvalue weighted by Gasteiger charge is 2.13. The molecule has 1 aliphatic heterocycles. The molecule has 100 valence electrons. The topological polar surface area (TPSA) is 21.7 Å². The van der Waals surface area contributed by atoms with E-state index < -0.39 is 11.6 Å². The molecule has 0 radical (unpaired) electrons. The van der Waals surface area contributed by atoms with E-state index in [0.29, 0.717) is 30.8 Å². The summed E-state index contributed by atoms with van der Waals surface area (Å²) in [5, 5.41) is 0. The quantitative estimate of drug-likeness (QED) is 0.795. The Bertz CT molecular complexity index is 411. The highest BCUT2D eigenvalue weighted by molar-refractivity contribution is 9.10. The minimum Gasteiger partial charge on any atom is -0.489 e. The Kier molecular flexibility index (Phi) is 4.91. The van der Waals surface area contributed by atoms with Crippen LogP contribution in [-0.2, 0) is 4.74 Å². The smallest absolute Gasteiger partial charge is 0.200 e. The summed E-state index contributed by atoms with van der Waals surface area (Å²) in [6.07, 6.45) is 0. The SMILES string of the molecule is Fc1cc(Br)cc(OCCN2CCOCC2)c1F. The van der Waals surface area contributed by atoms with Gasteiger partial charge in [0.25, 0.3) is 0 Å². The Morgan fingerprint density at radius 1 is 1.28 bits per heavy atom. The minimum absolute atomic E-state index is 0.0601. The molecule has 0 aromatic heterocycles. The molecule has 1 saturated heterocycles. The summed E-state index contributed by atoms with van der Waals surface area (Å²) in [6.45, 7) is 4.11. The van der Waals surface area contributed by atoms with Crippen molar-refractivity contribution in [2.75, 3.05) is 39.5 Å². The lowest BCUT2D eigenvalue weighted by Crippen LogP contribution is -2.38. The number of ether oxygens (including phenoxy) is 2. The molecule has 1 aromatic carbocycles. The summed E-state index contributed by atoms with van der Waals surface area (Å²) in [7, 11) is 0. The normalized spacial score (nSPS) is 16.8. The molecule has 2 rings (SSSR count). The van der Waals surface area contributed by atoms with Crippen molar-refractivity contribution in [1.82, 2.24) is 4.90 Å². The number of benzene rings is 1. The van der Waals surface area contributed by atoms with Crippen LogP contribution in [0.4, 0.5) is 8.78 Å². The van der Waals surface area contributed by atoms with Gasteiger partial charge in [0.15, 0.2) is 11.6 Å². The molecule has 0 spiro atoms. The van der Waals surface area contributed by atoms with Gasteiger partial charge in [0, 0.05) is 24.1 Å². The Labute approximate surface area is 113 Å². The highest BCUT2D eigenvalue weighted by Crippen LogP contribution is 2.25. The maximum Gasteiger partial charge on any atom is 0.200 e. The molecule has 0 aliphatic carbocycles. The lowest BCUT2D eigenvalue weighted by atomic mass is 10.3. The van der Waals surface area contributed by atoms with Gasteiger partial charge in [-0.15, -0.1) is 0 Å². The fourth-order valence-corrected chi connectivity index (χ4v) is 2.16. The highest BCUT2D eigenvalue weighted by atomic mass is 79.9. The average Bonchev–Trinajstić information content (AvgIpc) is 2.36. The van der Waals surface area contributed by atoms with Crippen LogP contribution in [0.5, 0.6) is 5.75 Å². The zero-order valence-corrected chi connectivity index (χ0v) is 11.4. The predicted octanol–water partition coefficient (Wildman–Crippen LogP) is 2.44. The molecule has 0 atom stereocenters. The fourth-order valence-electron chi connectivity index (χ4n) is 1.75. The lowest BCUT2D eigenvalue weighted by molar-refractivity contribution is 0.0320. The zero-order chi connectivity index (χ0) is 13.0. The maximum absolute atomic E-state index is 13.4. The van der Waals surface area contributed by atoms with Crippen LogP contribution in [0.1, 0.15) is 0 Å². The minimum atomic E-state index is -0.944. The monoisotopic (exact) mass is 321 g/mol. The molecule has 1 aliphatic rings. The Balaban J connectivity index is 1.86. The van der Waals surface area contributed by atoms with Gasteiger partial charge < -0.3 is 9.47 Å². The molecule has 3 nitrogen and oxygen atoms in total. The second-order valence-corrected chi connectivity index (χ2v) is 4.92. The summed E-state index contributed by atoms with van der Waals surface area (Å²) in [5.74, 6) is -1.92. The van der Waals surface area contributed by atoms with Gasteiger partial charge in [0.05, 0.1) is 13.2 Å². The third-order valence-electron chi connectivity index (χ3n) is 2.73. The molecule has 1 fully saturated rings. The van der Waals surface area contributed by atoms with Crippen molar-refractivity contribution in [3.63, 3.8) is 0 Å². The van der Waals surface area contributed by atoms with E-state index in [1.54, 1.807) is 0 Å². The second-order valence-electron chi connectivity index (χ2n) is 4.00. The Morgan fingerprint density at radius 3 is 2.72 bits per heavy atom. The van der Waals surface area contributed by atoms with Gasteiger partial charge in [-0.2, -0.15) is 4.39 Å². The van der Waals surface area contributed by atoms with E-state index in [1.165, 1.54) is 6.07 Å². The fraction of sp³-hybridized carbons (Fsp3) is 0.500. The van der Waals surface area contributed by atoms with Crippen molar-refractivity contribution in [2.24, 2.45) is 0 Å². The maximum atomic E-state index is 13.4. The van der Waals surface area contributed by atoms with Gasteiger partial charge >= 0.3 is 0 Å². The van der Waals surface area contributed by atoms with Gasteiger partial charge in [-0.3, -0.25) is 4.90 Å². The molecule has 0 bridgehead atoms. The van der Waals surface area contributed by atoms with Crippen molar-refractivity contribution in [3.8, 4) is 5.75 Å². The molecule has 1 aromatic rings. The van der Waals surface area contributed by atoms with Crippen LogP contribution in [0.3, 0.4) is 0 Å². The molecule has 0 N–H and O–H groups in total. The molecule has 0 saturated carbocycles. The van der Waals surface area contributed by atoms with Gasteiger partial charge in [-0.05, 0) is 12.1 Å². The van der Waals surface area contributed by atoms with Gasteiger partial charge in [-0.1, -0.05) is 15.9 Å². The van der Waals surface area contributed by atoms with E-state index in [9.17, 15) is 8.78 Å². The summed E-state index contributed by atoms with van der Waals surface area (Å²) in [6, 6.07) is 2.50. The van der Waals surface area contributed by atoms with Crippen LogP contribution in [0.2, 0.25) is 0 Å². The third kappa shape index (κ3) is 3.63. The van der Waals surface area contributed by atoms with Crippen LogP contribution in [0.25, 0.3) is 0 Å². The number of rotatable bonds is 4. The van der Waals surface area contributed by atoms with Crippen LogP contribution >= 0.6 is 15.9 Å². The summed E-state index contributed by atoms with van der Waals surface area (Å²) in [5.41, 5.74) is 0. The van der Waals surface area contributed by atoms with Crippen LogP contribution in [0, 0.1) is 11.6 Å². The van der Waals surface area contributed by atoms with E-state index >= 15 is 0 Å². The molecule has 18 heavy (non-hydrogen) atoms. The molecule has 6 heteroatoms. The van der Waals surface area contributed by atoms with Crippen LogP contribution in [0.15, 0.2) is 16.6 Å². The summed E-state index contributed by atoms with van der Waals surface area (Å²) in [4.78, 5) is 2.16. The zero-order valence-electron chi connectivity index (χ0n) is 9.79. The first-order chi connectivity index (χ1) is 8.66. The van der Waals surface area contributed by atoms with Crippen molar-refractivity contribution in [1.29, 1.82) is 0 Å². The Morgan fingerprint density at radius 2 is 2.00 bits per heavy atom. The number of halogens is 3. The number of hydrogen-bond acceptors (Lipinski definition) is 3. The summed E-state index contributed by atoms with van der Waals surface area (Å²) < 4.78 is 37.5. The van der Waals surface area contributed by atoms with Crippen molar-refractivity contribution in [2.45, 2.75) is 0 Å². The first-order valence-corrected chi connectivity index (χ1v) is 6.53. The number of morpholine rings is 1. The van der Waals surface area contributed by atoms with Gasteiger partial charge in [0.2, 0.25) is 5.82 Å². The average molecular weight is 322 g/mol. The van der Waals surface area contributed by atoms with Crippen molar-refractivity contribution in [3.05, 3.63) is 28.2 Å². The second kappa shape index (κ2) is 6.45. The number of hydrogen-bond donors (Lipinski definition) is 0. The molecule has 0 amide bonds. The predicted molar refractivity (Wildman–Crippen MR) is 66.8 cm³/mol. The standard InChI is InChI=1S/C12H14BrF2NO2/c13-9-7-10(14)12(15)11(8-9)18-6-3-16-1-4-17-5-2-16/h7-8H,1-6H2. The van der Waals surface area contributed by atoms with E-state index in [-0.39, 0.29) is 5.75 Å². The van der Waals surface area contributed by atoms with E-state index in [0.717, 1.165) is 19.2 Å². The first-order valence-electron chi connectivity index (χ1n) is 5.74. The van der Waals surface area contributed by atoms with E-state index in [4.69, 9.17) is 9.47 Å². The molecular weight excluding hydrogens is 308 g/mol. The third-order valence-corrected chi connectivity index (χ3v) is 3.19. The number of nitrogens with zero attached hydrogens (tertiary/aromatic N) is 1. The first kappa shape index (κ1) is 13.7. The largest absolute Gasteiger partial charge is 0.489 e. The van der Waals surface area contributed by atoms with E-state index in [2.05, 4.69) is 20.8 Å². The van der Waals surface area contributed by atoms with Gasteiger partial charge in [0.1, 0.15) is 6.61 Å². The van der Waals surface area contributed by atoms with Crippen LogP contribution in [-0.4, -0.2) is 44.4 Å². The lowest BCUT2D eigenvalue weighted by Gasteiger charge is -2.26. The van der Waals surface area contributed by atoms with Crippen LogP contribution < -0.4 is 4.74 Å².